The van der Waals surface area contributed by atoms with Gasteiger partial charge in [0.25, 0.3) is 0 Å². The average Bonchev–Trinajstić information content (AvgIpc) is 2.90. The number of benzene rings is 1. The van der Waals surface area contributed by atoms with Crippen LogP contribution in [0.4, 0.5) is 10.8 Å². The number of para-hydroxylation sites is 1. The van der Waals surface area contributed by atoms with Crippen molar-refractivity contribution < 1.29 is 0 Å². The van der Waals surface area contributed by atoms with Crippen molar-refractivity contribution in [1.29, 1.82) is 0 Å². The molecule has 0 spiro atoms. The van der Waals surface area contributed by atoms with E-state index in [1.807, 2.05) is 6.07 Å². The molecule has 3 nitrogen and oxygen atoms in total. The van der Waals surface area contributed by atoms with E-state index in [1.165, 1.54) is 5.69 Å². The van der Waals surface area contributed by atoms with Gasteiger partial charge < -0.3 is 10.2 Å². The SMILES string of the molecule is CCCNCc1csc(N(CC)c2ccccc2)n1. The predicted molar refractivity (Wildman–Crippen MR) is 83.2 cm³/mol. The van der Waals surface area contributed by atoms with Gasteiger partial charge >= 0.3 is 0 Å². The van der Waals surface area contributed by atoms with Gasteiger partial charge in [-0.3, -0.25) is 0 Å². The number of rotatable bonds is 7. The van der Waals surface area contributed by atoms with Crippen LogP contribution >= 0.6 is 11.3 Å². The number of nitrogens with one attached hydrogen (secondary N) is 1. The third kappa shape index (κ3) is 3.78. The molecular formula is C15H21N3S. The summed E-state index contributed by atoms with van der Waals surface area (Å²) < 4.78 is 0. The molecule has 1 heterocycles. The molecule has 0 radical (unpaired) electrons. The first kappa shape index (κ1) is 14.0. The van der Waals surface area contributed by atoms with Crippen molar-refractivity contribution in [2.45, 2.75) is 26.8 Å². The highest BCUT2D eigenvalue weighted by molar-refractivity contribution is 7.13. The summed E-state index contributed by atoms with van der Waals surface area (Å²) in [4.78, 5) is 6.96. The third-order valence-electron chi connectivity index (χ3n) is 2.89. The van der Waals surface area contributed by atoms with E-state index in [0.29, 0.717) is 0 Å². The summed E-state index contributed by atoms with van der Waals surface area (Å²) in [5.41, 5.74) is 2.33. The molecule has 2 rings (SSSR count). The molecular weight excluding hydrogens is 254 g/mol. The van der Waals surface area contributed by atoms with E-state index in [2.05, 4.69) is 53.7 Å². The Balaban J connectivity index is 2.07. The van der Waals surface area contributed by atoms with Crippen LogP contribution < -0.4 is 10.2 Å². The number of aromatic nitrogens is 1. The lowest BCUT2D eigenvalue weighted by Gasteiger charge is -2.19. The van der Waals surface area contributed by atoms with Crippen LogP contribution in [0.15, 0.2) is 35.7 Å². The Labute approximate surface area is 119 Å². The quantitative estimate of drug-likeness (QED) is 0.779. The summed E-state index contributed by atoms with van der Waals surface area (Å²) in [6, 6.07) is 10.4. The fourth-order valence-electron chi connectivity index (χ4n) is 1.93. The summed E-state index contributed by atoms with van der Waals surface area (Å²) in [6.45, 7) is 7.16. The van der Waals surface area contributed by atoms with Gasteiger partial charge in [-0.15, -0.1) is 11.3 Å². The molecule has 1 aromatic heterocycles. The molecule has 0 aliphatic carbocycles. The Morgan fingerprint density at radius 1 is 1.21 bits per heavy atom. The number of anilines is 2. The maximum Gasteiger partial charge on any atom is 0.190 e. The van der Waals surface area contributed by atoms with Crippen LogP contribution in [0.25, 0.3) is 0 Å². The van der Waals surface area contributed by atoms with Gasteiger partial charge in [0.15, 0.2) is 5.13 Å². The standard InChI is InChI=1S/C15H21N3S/c1-3-10-16-11-13-12-19-15(17-13)18(4-2)14-8-6-5-7-9-14/h5-9,12,16H,3-4,10-11H2,1-2H3. The average molecular weight is 275 g/mol. The van der Waals surface area contributed by atoms with Crippen molar-refractivity contribution >= 4 is 22.2 Å². The van der Waals surface area contributed by atoms with Gasteiger partial charge in [-0.1, -0.05) is 25.1 Å². The van der Waals surface area contributed by atoms with Gasteiger partial charge in [0.1, 0.15) is 0 Å². The highest BCUT2D eigenvalue weighted by Gasteiger charge is 2.11. The molecule has 0 unspecified atom stereocenters. The number of thiazole rings is 1. The van der Waals surface area contributed by atoms with Gasteiger partial charge in [-0.05, 0) is 32.0 Å². The zero-order valence-corrected chi connectivity index (χ0v) is 12.4. The zero-order valence-electron chi connectivity index (χ0n) is 11.6. The lowest BCUT2D eigenvalue weighted by Crippen LogP contribution is -2.17. The fraction of sp³-hybridized carbons (Fsp3) is 0.400. The van der Waals surface area contributed by atoms with E-state index in [0.717, 1.165) is 36.9 Å². The minimum Gasteiger partial charge on any atom is -0.318 e. The minimum atomic E-state index is 0.858. The first-order chi connectivity index (χ1) is 9.35. The van der Waals surface area contributed by atoms with Crippen LogP contribution in [-0.2, 0) is 6.54 Å². The molecule has 1 N–H and O–H groups in total. The first-order valence-corrected chi connectivity index (χ1v) is 7.70. The minimum absolute atomic E-state index is 0.858. The van der Waals surface area contributed by atoms with Gasteiger partial charge in [0.05, 0.1) is 5.69 Å². The Bertz CT molecular complexity index is 481. The molecule has 0 aliphatic rings. The number of nitrogens with zero attached hydrogens (tertiary/aromatic N) is 2. The van der Waals surface area contributed by atoms with Crippen molar-refractivity contribution in [3.63, 3.8) is 0 Å². The van der Waals surface area contributed by atoms with Crippen molar-refractivity contribution in [3.05, 3.63) is 41.4 Å². The highest BCUT2D eigenvalue weighted by Crippen LogP contribution is 2.27. The fourth-order valence-corrected chi connectivity index (χ4v) is 2.84. The first-order valence-electron chi connectivity index (χ1n) is 6.82. The van der Waals surface area contributed by atoms with Crippen molar-refractivity contribution in [2.75, 3.05) is 18.0 Å². The molecule has 102 valence electrons. The Morgan fingerprint density at radius 2 is 2.00 bits per heavy atom. The molecule has 4 heteroatoms. The van der Waals surface area contributed by atoms with Crippen LogP contribution in [0.1, 0.15) is 26.0 Å². The van der Waals surface area contributed by atoms with Gasteiger partial charge in [-0.2, -0.15) is 0 Å². The van der Waals surface area contributed by atoms with E-state index in [1.54, 1.807) is 11.3 Å². The van der Waals surface area contributed by atoms with Crippen LogP contribution in [0.3, 0.4) is 0 Å². The summed E-state index contributed by atoms with van der Waals surface area (Å²) in [6.07, 6.45) is 1.15. The Kier molecular flexibility index (Phi) is 5.36. The molecule has 0 amide bonds. The maximum atomic E-state index is 4.71. The molecule has 0 saturated heterocycles. The van der Waals surface area contributed by atoms with Crippen LogP contribution in [0.5, 0.6) is 0 Å². The van der Waals surface area contributed by atoms with E-state index in [4.69, 9.17) is 4.98 Å². The van der Waals surface area contributed by atoms with Crippen LogP contribution in [0, 0.1) is 0 Å². The Morgan fingerprint density at radius 3 is 2.68 bits per heavy atom. The summed E-state index contributed by atoms with van der Waals surface area (Å²) in [5.74, 6) is 0. The number of hydrogen-bond donors (Lipinski definition) is 1. The molecule has 0 fully saturated rings. The Hall–Kier alpha value is -1.39. The summed E-state index contributed by atoms with van der Waals surface area (Å²) >= 11 is 1.71. The lowest BCUT2D eigenvalue weighted by atomic mass is 10.3. The summed E-state index contributed by atoms with van der Waals surface area (Å²) in [7, 11) is 0. The normalized spacial score (nSPS) is 10.6. The zero-order chi connectivity index (χ0) is 13.5. The van der Waals surface area contributed by atoms with Crippen LogP contribution in [-0.4, -0.2) is 18.1 Å². The lowest BCUT2D eigenvalue weighted by molar-refractivity contribution is 0.666. The second kappa shape index (κ2) is 7.26. The highest BCUT2D eigenvalue weighted by atomic mass is 32.1. The molecule has 2 aromatic rings. The summed E-state index contributed by atoms with van der Waals surface area (Å²) in [5, 5.41) is 6.60. The largest absolute Gasteiger partial charge is 0.318 e. The van der Waals surface area contributed by atoms with E-state index in [-0.39, 0.29) is 0 Å². The van der Waals surface area contributed by atoms with E-state index in [9.17, 15) is 0 Å². The van der Waals surface area contributed by atoms with Gasteiger partial charge in [0.2, 0.25) is 0 Å². The predicted octanol–water partition coefficient (Wildman–Crippen LogP) is 3.80. The topological polar surface area (TPSA) is 28.2 Å². The molecule has 0 bridgehead atoms. The monoisotopic (exact) mass is 275 g/mol. The van der Waals surface area contributed by atoms with E-state index >= 15 is 0 Å². The molecule has 0 atom stereocenters. The van der Waals surface area contributed by atoms with Crippen molar-refractivity contribution in [1.82, 2.24) is 10.3 Å². The molecule has 0 saturated carbocycles. The van der Waals surface area contributed by atoms with Crippen LogP contribution in [0.2, 0.25) is 0 Å². The van der Waals surface area contributed by atoms with Gasteiger partial charge in [-0.25, -0.2) is 4.98 Å². The third-order valence-corrected chi connectivity index (χ3v) is 3.80. The number of hydrogen-bond acceptors (Lipinski definition) is 4. The van der Waals surface area contributed by atoms with Crippen molar-refractivity contribution in [2.24, 2.45) is 0 Å². The molecule has 0 aliphatic heterocycles. The second-order valence-corrected chi connectivity index (χ2v) is 5.21. The maximum absolute atomic E-state index is 4.71. The second-order valence-electron chi connectivity index (χ2n) is 4.38. The van der Waals surface area contributed by atoms with E-state index < -0.39 is 0 Å². The van der Waals surface area contributed by atoms with Gasteiger partial charge in [0, 0.05) is 24.2 Å². The smallest absolute Gasteiger partial charge is 0.190 e. The van der Waals surface area contributed by atoms with Crippen molar-refractivity contribution in [3.8, 4) is 0 Å². The molecule has 19 heavy (non-hydrogen) atoms. The molecule has 1 aromatic carbocycles.